The van der Waals surface area contributed by atoms with E-state index in [-0.39, 0.29) is 6.10 Å². The van der Waals surface area contributed by atoms with Crippen molar-refractivity contribution >= 4 is 5.97 Å². The van der Waals surface area contributed by atoms with Gasteiger partial charge in [0, 0.05) is 13.2 Å². The minimum Gasteiger partial charge on any atom is -0.481 e. The van der Waals surface area contributed by atoms with E-state index in [0.29, 0.717) is 25.6 Å². The molecule has 0 amide bonds. The Labute approximate surface area is 102 Å². The van der Waals surface area contributed by atoms with Gasteiger partial charge in [-0.3, -0.25) is 4.79 Å². The first-order valence-electron chi connectivity index (χ1n) is 6.62. The average Bonchev–Trinajstić information content (AvgIpc) is 2.90. The van der Waals surface area contributed by atoms with Gasteiger partial charge in [-0.05, 0) is 45.4 Å². The lowest BCUT2D eigenvalue weighted by molar-refractivity contribution is -0.152. The predicted molar refractivity (Wildman–Crippen MR) is 62.9 cm³/mol. The summed E-state index contributed by atoms with van der Waals surface area (Å²) in [6.45, 7) is 3.33. The van der Waals surface area contributed by atoms with E-state index in [2.05, 4.69) is 0 Å². The Morgan fingerprint density at radius 2 is 2.24 bits per heavy atom. The molecule has 0 spiro atoms. The summed E-state index contributed by atoms with van der Waals surface area (Å²) in [5.74, 6) is -0.699. The Hall–Kier alpha value is -0.610. The molecular formula is C13H22O4. The summed E-state index contributed by atoms with van der Waals surface area (Å²) in [6, 6.07) is 0. The molecule has 3 unspecified atom stereocenters. The number of carboxylic acid groups (broad SMARTS) is 1. The van der Waals surface area contributed by atoms with Gasteiger partial charge in [0.1, 0.15) is 0 Å². The molecule has 2 saturated heterocycles. The smallest absolute Gasteiger partial charge is 0.312 e. The van der Waals surface area contributed by atoms with Crippen molar-refractivity contribution in [3.8, 4) is 0 Å². The van der Waals surface area contributed by atoms with Crippen molar-refractivity contribution in [2.45, 2.75) is 57.7 Å². The zero-order valence-electron chi connectivity index (χ0n) is 10.5. The molecule has 4 nitrogen and oxygen atoms in total. The molecule has 0 saturated carbocycles. The van der Waals surface area contributed by atoms with E-state index in [0.717, 1.165) is 32.3 Å². The van der Waals surface area contributed by atoms with E-state index in [1.54, 1.807) is 0 Å². The fraction of sp³-hybridized carbons (Fsp3) is 0.923. The molecule has 98 valence electrons. The zero-order valence-corrected chi connectivity index (χ0v) is 10.5. The molecular weight excluding hydrogens is 220 g/mol. The predicted octanol–water partition coefficient (Wildman–Crippen LogP) is 2.22. The molecule has 17 heavy (non-hydrogen) atoms. The Morgan fingerprint density at radius 1 is 1.41 bits per heavy atom. The molecule has 0 aliphatic carbocycles. The monoisotopic (exact) mass is 242 g/mol. The zero-order chi connectivity index (χ0) is 12.3. The first-order chi connectivity index (χ1) is 8.15. The van der Waals surface area contributed by atoms with Crippen LogP contribution in [-0.2, 0) is 14.3 Å². The lowest BCUT2D eigenvalue weighted by atomic mass is 9.77. The van der Waals surface area contributed by atoms with Gasteiger partial charge in [0.25, 0.3) is 0 Å². The summed E-state index contributed by atoms with van der Waals surface area (Å²) in [4.78, 5) is 11.4. The summed E-state index contributed by atoms with van der Waals surface area (Å²) >= 11 is 0. The van der Waals surface area contributed by atoms with Crippen molar-refractivity contribution < 1.29 is 19.4 Å². The summed E-state index contributed by atoms with van der Waals surface area (Å²) in [7, 11) is 0. The topological polar surface area (TPSA) is 55.8 Å². The molecule has 4 heteroatoms. The second kappa shape index (κ2) is 5.36. The summed E-state index contributed by atoms with van der Waals surface area (Å²) < 4.78 is 11.0. The van der Waals surface area contributed by atoms with Crippen molar-refractivity contribution in [2.24, 2.45) is 5.41 Å². The second-order valence-electron chi connectivity index (χ2n) is 5.25. The maximum atomic E-state index is 11.4. The highest BCUT2D eigenvalue weighted by Crippen LogP contribution is 2.40. The number of rotatable bonds is 5. The van der Waals surface area contributed by atoms with Crippen LogP contribution in [0.5, 0.6) is 0 Å². The van der Waals surface area contributed by atoms with Crippen molar-refractivity contribution in [3.05, 3.63) is 0 Å². The molecule has 0 bridgehead atoms. The number of aliphatic carboxylic acids is 1. The Bertz CT molecular complexity index is 273. The van der Waals surface area contributed by atoms with Crippen LogP contribution < -0.4 is 0 Å². The van der Waals surface area contributed by atoms with Gasteiger partial charge in [0.05, 0.1) is 17.6 Å². The van der Waals surface area contributed by atoms with Crippen molar-refractivity contribution in [3.63, 3.8) is 0 Å². The Morgan fingerprint density at radius 3 is 2.76 bits per heavy atom. The third-order valence-electron chi connectivity index (χ3n) is 4.29. The van der Waals surface area contributed by atoms with E-state index in [4.69, 9.17) is 9.47 Å². The standard InChI is InChI=1S/C13H22O4/c1-10-13(12(14)15,7-9-16-10)6-2-4-11-5-3-8-17-11/h10-11H,2-9H2,1H3,(H,14,15). The highest BCUT2D eigenvalue weighted by atomic mass is 16.5. The van der Waals surface area contributed by atoms with Crippen LogP contribution in [0.15, 0.2) is 0 Å². The van der Waals surface area contributed by atoms with Gasteiger partial charge >= 0.3 is 5.97 Å². The quantitative estimate of drug-likeness (QED) is 0.803. The van der Waals surface area contributed by atoms with Gasteiger partial charge in [-0.25, -0.2) is 0 Å². The van der Waals surface area contributed by atoms with E-state index < -0.39 is 11.4 Å². The number of carbonyl (C=O) groups is 1. The van der Waals surface area contributed by atoms with Gasteiger partial charge in [0.15, 0.2) is 0 Å². The van der Waals surface area contributed by atoms with Crippen LogP contribution in [0.3, 0.4) is 0 Å². The van der Waals surface area contributed by atoms with Gasteiger partial charge in [0.2, 0.25) is 0 Å². The van der Waals surface area contributed by atoms with E-state index in [1.165, 1.54) is 0 Å². The van der Waals surface area contributed by atoms with Gasteiger partial charge in [-0.1, -0.05) is 0 Å². The van der Waals surface area contributed by atoms with Crippen molar-refractivity contribution in [1.29, 1.82) is 0 Å². The highest BCUT2D eigenvalue weighted by molar-refractivity contribution is 5.75. The molecule has 3 atom stereocenters. The first kappa shape index (κ1) is 12.8. The first-order valence-corrected chi connectivity index (χ1v) is 6.62. The highest BCUT2D eigenvalue weighted by Gasteiger charge is 2.47. The average molecular weight is 242 g/mol. The van der Waals surface area contributed by atoms with E-state index in [9.17, 15) is 9.90 Å². The number of hydrogen-bond donors (Lipinski definition) is 1. The molecule has 1 N–H and O–H groups in total. The van der Waals surface area contributed by atoms with Crippen LogP contribution in [-0.4, -0.2) is 36.5 Å². The lowest BCUT2D eigenvalue weighted by Crippen LogP contribution is -2.37. The molecule has 2 aliphatic rings. The third-order valence-corrected chi connectivity index (χ3v) is 4.29. The minimum atomic E-state index is -0.699. The normalized spacial score (nSPS) is 37.5. The number of hydrogen-bond acceptors (Lipinski definition) is 3. The van der Waals surface area contributed by atoms with E-state index in [1.807, 2.05) is 6.92 Å². The van der Waals surface area contributed by atoms with Crippen LogP contribution in [0.1, 0.15) is 45.4 Å². The molecule has 0 radical (unpaired) electrons. The van der Waals surface area contributed by atoms with Gasteiger partial charge < -0.3 is 14.6 Å². The fourth-order valence-corrected chi connectivity index (χ4v) is 3.01. The van der Waals surface area contributed by atoms with Crippen LogP contribution >= 0.6 is 0 Å². The molecule has 0 aromatic heterocycles. The summed E-state index contributed by atoms with van der Waals surface area (Å²) in [5.41, 5.74) is -0.654. The maximum Gasteiger partial charge on any atom is 0.312 e. The number of ether oxygens (including phenoxy) is 2. The maximum absolute atomic E-state index is 11.4. The second-order valence-corrected chi connectivity index (χ2v) is 5.25. The molecule has 2 heterocycles. The van der Waals surface area contributed by atoms with E-state index >= 15 is 0 Å². The summed E-state index contributed by atoms with van der Waals surface area (Å²) in [6.07, 6.45) is 5.74. The lowest BCUT2D eigenvalue weighted by Gasteiger charge is -2.27. The van der Waals surface area contributed by atoms with Crippen LogP contribution in [0, 0.1) is 5.41 Å². The molecule has 2 fully saturated rings. The Kier molecular flexibility index (Phi) is 4.05. The Balaban J connectivity index is 1.83. The summed E-state index contributed by atoms with van der Waals surface area (Å²) in [5, 5.41) is 9.41. The fourth-order valence-electron chi connectivity index (χ4n) is 3.01. The van der Waals surface area contributed by atoms with Crippen LogP contribution in [0.4, 0.5) is 0 Å². The van der Waals surface area contributed by atoms with Crippen molar-refractivity contribution in [1.82, 2.24) is 0 Å². The SMILES string of the molecule is CC1OCCC1(CCCC1CCCO1)C(=O)O. The van der Waals surface area contributed by atoms with Gasteiger partial charge in [-0.2, -0.15) is 0 Å². The third kappa shape index (κ3) is 2.63. The van der Waals surface area contributed by atoms with Crippen molar-refractivity contribution in [2.75, 3.05) is 13.2 Å². The minimum absolute atomic E-state index is 0.163. The molecule has 2 aliphatic heterocycles. The largest absolute Gasteiger partial charge is 0.481 e. The number of carboxylic acids is 1. The molecule has 0 aromatic rings. The molecule has 0 aromatic carbocycles. The van der Waals surface area contributed by atoms with Crippen LogP contribution in [0.25, 0.3) is 0 Å². The molecule has 2 rings (SSSR count). The van der Waals surface area contributed by atoms with Gasteiger partial charge in [-0.15, -0.1) is 0 Å². The van der Waals surface area contributed by atoms with Crippen LogP contribution in [0.2, 0.25) is 0 Å².